The number of fused-ring (bicyclic) bond motifs is 2. The maximum atomic E-state index is 13.8. The molecule has 2 aromatic carbocycles. The normalized spacial score (nSPS) is 13.8. The van der Waals surface area contributed by atoms with Crippen molar-refractivity contribution >= 4 is 22.5 Å². The number of carbonyl (C=O) groups is 2. The van der Waals surface area contributed by atoms with Gasteiger partial charge in [0.1, 0.15) is 11.5 Å². The van der Waals surface area contributed by atoms with Gasteiger partial charge in [-0.15, -0.1) is 0 Å². The van der Waals surface area contributed by atoms with Gasteiger partial charge in [0, 0.05) is 45.7 Å². The van der Waals surface area contributed by atoms with Crippen LogP contribution in [-0.2, 0) is 12.8 Å². The highest BCUT2D eigenvalue weighted by molar-refractivity contribution is 6.05. The maximum Gasteiger partial charge on any atom is 0.266 e. The van der Waals surface area contributed by atoms with E-state index in [0.29, 0.717) is 64.0 Å². The molecule has 1 aliphatic carbocycles. The van der Waals surface area contributed by atoms with Gasteiger partial charge in [-0.3, -0.25) is 28.9 Å². The van der Waals surface area contributed by atoms with E-state index in [4.69, 9.17) is 14.2 Å². The number of nitrogens with zero attached hydrogens (tertiary/aromatic N) is 3. The fourth-order valence-electron chi connectivity index (χ4n) is 5.55. The average Bonchev–Trinajstić information content (AvgIpc) is 3.03. The summed E-state index contributed by atoms with van der Waals surface area (Å²) < 4.78 is 18.4. The van der Waals surface area contributed by atoms with Crippen molar-refractivity contribution < 1.29 is 23.8 Å². The number of aromatic nitrogens is 3. The minimum Gasteiger partial charge on any atom is -0.493 e. The second-order valence-corrected chi connectivity index (χ2v) is 11.3. The van der Waals surface area contributed by atoms with Gasteiger partial charge in [-0.1, -0.05) is 32.0 Å². The van der Waals surface area contributed by atoms with Gasteiger partial charge in [-0.2, -0.15) is 0 Å². The Morgan fingerprint density at radius 3 is 2.36 bits per heavy atom. The summed E-state index contributed by atoms with van der Waals surface area (Å²) in [4.78, 5) is 49.6. The van der Waals surface area contributed by atoms with Crippen molar-refractivity contribution in [2.45, 2.75) is 33.1 Å². The van der Waals surface area contributed by atoms with Crippen LogP contribution >= 0.6 is 0 Å². The molecule has 0 aliphatic heterocycles. The molecule has 0 bridgehead atoms. The first-order valence-electron chi connectivity index (χ1n) is 14.3. The Morgan fingerprint density at radius 2 is 1.66 bits per heavy atom. The first-order valence-corrected chi connectivity index (χ1v) is 14.3. The Bertz CT molecular complexity index is 1960. The smallest absolute Gasteiger partial charge is 0.266 e. The third-order valence-corrected chi connectivity index (χ3v) is 8.04. The molecule has 3 aromatic heterocycles. The molecule has 222 valence electrons. The third kappa shape index (κ3) is 5.21. The summed E-state index contributed by atoms with van der Waals surface area (Å²) in [5.41, 5.74) is 1.76. The summed E-state index contributed by atoms with van der Waals surface area (Å²) in [6.45, 7) is 3.79. The number of benzene rings is 2. The van der Waals surface area contributed by atoms with Gasteiger partial charge in [0.2, 0.25) is 0 Å². The lowest BCUT2D eigenvalue weighted by molar-refractivity contribution is 0.0808. The van der Waals surface area contributed by atoms with E-state index in [9.17, 15) is 14.4 Å². The van der Waals surface area contributed by atoms with Crippen molar-refractivity contribution in [3.63, 3.8) is 0 Å². The molecule has 0 unspecified atom stereocenters. The van der Waals surface area contributed by atoms with Crippen LogP contribution in [0.1, 0.15) is 52.4 Å². The number of pyridine rings is 3. The van der Waals surface area contributed by atoms with Crippen LogP contribution in [-0.4, -0.2) is 40.3 Å². The molecular formula is C35H31N3O6. The van der Waals surface area contributed by atoms with Gasteiger partial charge in [-0.05, 0) is 55.3 Å². The molecule has 0 saturated carbocycles. The van der Waals surface area contributed by atoms with Crippen molar-refractivity contribution in [2.75, 3.05) is 14.2 Å². The number of hydrogen-bond acceptors (Lipinski definition) is 8. The fourth-order valence-corrected chi connectivity index (χ4v) is 5.55. The largest absolute Gasteiger partial charge is 0.493 e. The number of ketones is 2. The number of methoxy groups -OCH3 is 2. The Labute approximate surface area is 254 Å². The Kier molecular flexibility index (Phi) is 7.47. The second kappa shape index (κ2) is 11.4. The van der Waals surface area contributed by atoms with Crippen LogP contribution in [0, 0.1) is 5.41 Å². The lowest BCUT2D eigenvalue weighted by Crippen LogP contribution is -2.37. The van der Waals surface area contributed by atoms with E-state index in [1.54, 1.807) is 62.9 Å². The SMILES string of the molecule is COc1cc2nccc(Oc3ccc(CC(=O)c4cc5c(n(-c6ccccc6)c4=O)CCC(C)(C)C5=O)nc3)c2cc1OC. The van der Waals surface area contributed by atoms with Crippen molar-refractivity contribution in [1.29, 1.82) is 0 Å². The zero-order valence-corrected chi connectivity index (χ0v) is 24.9. The van der Waals surface area contributed by atoms with Crippen molar-refractivity contribution in [3.8, 4) is 28.7 Å². The Hall–Kier alpha value is -5.31. The lowest BCUT2D eigenvalue weighted by atomic mass is 9.74. The molecule has 0 radical (unpaired) electrons. The third-order valence-electron chi connectivity index (χ3n) is 8.04. The van der Waals surface area contributed by atoms with Gasteiger partial charge in [0.05, 0.1) is 37.9 Å². The van der Waals surface area contributed by atoms with E-state index in [-0.39, 0.29) is 17.8 Å². The maximum absolute atomic E-state index is 13.8. The molecule has 9 heteroatoms. The van der Waals surface area contributed by atoms with Crippen LogP contribution < -0.4 is 19.8 Å². The van der Waals surface area contributed by atoms with Gasteiger partial charge in [-0.25, -0.2) is 0 Å². The monoisotopic (exact) mass is 589 g/mol. The highest BCUT2D eigenvalue weighted by atomic mass is 16.5. The second-order valence-electron chi connectivity index (χ2n) is 11.3. The van der Waals surface area contributed by atoms with E-state index in [1.165, 1.54) is 16.8 Å². The summed E-state index contributed by atoms with van der Waals surface area (Å²) in [7, 11) is 3.12. The number of rotatable bonds is 8. The topological polar surface area (TPSA) is 110 Å². The minimum absolute atomic E-state index is 0.0339. The van der Waals surface area contributed by atoms with Crippen molar-refractivity contribution in [2.24, 2.45) is 5.41 Å². The molecule has 0 amide bonds. The molecule has 3 heterocycles. The quantitative estimate of drug-likeness (QED) is 0.198. The van der Waals surface area contributed by atoms with E-state index in [1.807, 2.05) is 32.0 Å². The number of para-hydroxylation sites is 1. The molecule has 0 spiro atoms. The van der Waals surface area contributed by atoms with Crippen molar-refractivity contribution in [1.82, 2.24) is 14.5 Å². The molecular weight excluding hydrogens is 558 g/mol. The standard InChI is InChI=1S/C35H31N3O6/c1-35(2)14-12-28-25(33(35)40)17-26(34(41)38(28)22-8-6-5-7-9-22)29(39)16-21-10-11-23(20-37-21)44-30-13-15-36-27-19-32(43-4)31(42-3)18-24(27)30/h5-11,13,15,17-20H,12,14,16H2,1-4H3. The Morgan fingerprint density at radius 1 is 0.909 bits per heavy atom. The summed E-state index contributed by atoms with van der Waals surface area (Å²) in [6, 6.07) is 19.3. The van der Waals surface area contributed by atoms with Gasteiger partial charge < -0.3 is 14.2 Å². The summed E-state index contributed by atoms with van der Waals surface area (Å²) in [5, 5.41) is 0.726. The van der Waals surface area contributed by atoms with Gasteiger partial charge in [0.15, 0.2) is 23.1 Å². The number of ether oxygens (including phenoxy) is 3. The zero-order valence-electron chi connectivity index (χ0n) is 24.9. The fraction of sp³-hybridized carbons (Fsp3) is 0.229. The van der Waals surface area contributed by atoms with E-state index in [0.717, 1.165) is 5.39 Å². The molecule has 0 atom stereocenters. The van der Waals surface area contributed by atoms with Crippen LogP contribution in [0.4, 0.5) is 0 Å². The highest BCUT2D eigenvalue weighted by Gasteiger charge is 2.37. The minimum atomic E-state index is -0.582. The predicted octanol–water partition coefficient (Wildman–Crippen LogP) is 6.17. The van der Waals surface area contributed by atoms with Crippen LogP contribution in [0.15, 0.2) is 83.9 Å². The highest BCUT2D eigenvalue weighted by Crippen LogP contribution is 2.37. The van der Waals surface area contributed by atoms with E-state index in [2.05, 4.69) is 9.97 Å². The summed E-state index contributed by atoms with van der Waals surface area (Å²) >= 11 is 0. The van der Waals surface area contributed by atoms with Crippen LogP contribution in [0.3, 0.4) is 0 Å². The van der Waals surface area contributed by atoms with Crippen LogP contribution in [0.25, 0.3) is 16.6 Å². The number of hydrogen-bond donors (Lipinski definition) is 0. The summed E-state index contributed by atoms with van der Waals surface area (Å²) in [6.07, 6.45) is 4.22. The predicted molar refractivity (Wildman–Crippen MR) is 166 cm³/mol. The first kappa shape index (κ1) is 28.8. The van der Waals surface area contributed by atoms with Gasteiger partial charge >= 0.3 is 0 Å². The van der Waals surface area contributed by atoms with Crippen molar-refractivity contribution in [3.05, 3.63) is 112 Å². The molecule has 6 rings (SSSR count). The van der Waals surface area contributed by atoms with Crippen LogP contribution in [0.5, 0.6) is 23.0 Å². The molecule has 1 aliphatic rings. The van der Waals surface area contributed by atoms with E-state index >= 15 is 0 Å². The van der Waals surface area contributed by atoms with E-state index < -0.39 is 16.8 Å². The summed E-state index contributed by atoms with van der Waals surface area (Å²) in [5.74, 6) is 1.62. The number of carbonyl (C=O) groups excluding carboxylic acids is 2. The molecule has 0 saturated heterocycles. The number of Topliss-reactive ketones (excluding diaryl/α,β-unsaturated/α-hetero) is 2. The average molecular weight is 590 g/mol. The van der Waals surface area contributed by atoms with Gasteiger partial charge in [0.25, 0.3) is 5.56 Å². The lowest BCUT2D eigenvalue weighted by Gasteiger charge is -2.31. The molecule has 44 heavy (non-hydrogen) atoms. The molecule has 9 nitrogen and oxygen atoms in total. The van der Waals surface area contributed by atoms with Crippen LogP contribution in [0.2, 0.25) is 0 Å². The zero-order chi connectivity index (χ0) is 31.0. The first-order chi connectivity index (χ1) is 21.2. The molecule has 0 N–H and O–H groups in total. The molecule has 0 fully saturated rings. The Balaban J connectivity index is 1.29. The molecule has 5 aromatic rings.